The third-order valence-corrected chi connectivity index (χ3v) is 6.48. The van der Waals surface area contributed by atoms with Gasteiger partial charge >= 0.3 is 0 Å². The Bertz CT molecular complexity index is 583. The zero-order valence-electron chi connectivity index (χ0n) is 11.6. The van der Waals surface area contributed by atoms with Gasteiger partial charge in [0.1, 0.15) is 12.4 Å². The molecule has 0 amide bonds. The van der Waals surface area contributed by atoms with Crippen molar-refractivity contribution in [2.75, 3.05) is 18.9 Å². The van der Waals surface area contributed by atoms with E-state index in [1.807, 2.05) is 12.1 Å². The van der Waals surface area contributed by atoms with Gasteiger partial charge < -0.3 is 10.1 Å². The second-order valence-corrected chi connectivity index (χ2v) is 8.02. The second-order valence-electron chi connectivity index (χ2n) is 5.62. The molecule has 0 aromatic heterocycles. The largest absolute Gasteiger partial charge is 0.492 e. The minimum Gasteiger partial charge on any atom is -0.492 e. The lowest BCUT2D eigenvalue weighted by Crippen LogP contribution is -2.33. The predicted octanol–water partition coefficient (Wildman–Crippen LogP) is 1.68. The summed E-state index contributed by atoms with van der Waals surface area (Å²) in [6.07, 6.45) is 3.47. The van der Waals surface area contributed by atoms with Gasteiger partial charge in [0.25, 0.3) is 0 Å². The number of ether oxygens (including phenoxy) is 1. The van der Waals surface area contributed by atoms with Crippen LogP contribution in [0.3, 0.4) is 0 Å². The normalized spacial score (nSPS) is 24.9. The molecule has 110 valence electrons. The van der Waals surface area contributed by atoms with Gasteiger partial charge in [0.05, 0.1) is 11.0 Å². The summed E-state index contributed by atoms with van der Waals surface area (Å²) in [7, 11) is -2.95. The van der Waals surface area contributed by atoms with Crippen molar-refractivity contribution < 1.29 is 13.2 Å². The summed E-state index contributed by atoms with van der Waals surface area (Å²) in [5, 5.41) is 3.01. The number of nitrogens with one attached hydrogen (secondary N) is 1. The molecule has 0 bridgehead atoms. The van der Waals surface area contributed by atoms with Crippen LogP contribution in [-0.4, -0.2) is 32.6 Å². The van der Waals surface area contributed by atoms with E-state index in [1.165, 1.54) is 11.1 Å². The molecule has 1 N–H and O–H groups in total. The number of sulfone groups is 1. The number of fused-ring (bicyclic) bond motifs is 1. The van der Waals surface area contributed by atoms with E-state index in [-0.39, 0.29) is 5.25 Å². The highest BCUT2D eigenvalue weighted by atomic mass is 32.2. The van der Waals surface area contributed by atoms with Gasteiger partial charge in [-0.1, -0.05) is 18.6 Å². The van der Waals surface area contributed by atoms with Gasteiger partial charge in [-0.25, -0.2) is 8.42 Å². The quantitative estimate of drug-likeness (QED) is 0.922. The summed E-state index contributed by atoms with van der Waals surface area (Å²) in [6.45, 7) is 2.12. The molecule has 0 spiro atoms. The molecular formula is C15H21NO3S. The van der Waals surface area contributed by atoms with Crippen molar-refractivity contribution in [2.45, 2.75) is 37.5 Å². The van der Waals surface area contributed by atoms with E-state index in [2.05, 4.69) is 11.4 Å². The fourth-order valence-electron chi connectivity index (χ4n) is 3.02. The van der Waals surface area contributed by atoms with E-state index in [0.717, 1.165) is 44.5 Å². The Morgan fingerprint density at radius 1 is 1.30 bits per heavy atom. The molecule has 20 heavy (non-hydrogen) atoms. The molecule has 0 aliphatic carbocycles. The number of rotatable bonds is 3. The van der Waals surface area contributed by atoms with Gasteiger partial charge in [-0.2, -0.15) is 0 Å². The van der Waals surface area contributed by atoms with E-state index in [0.29, 0.717) is 12.4 Å². The van der Waals surface area contributed by atoms with E-state index < -0.39 is 9.84 Å². The summed E-state index contributed by atoms with van der Waals surface area (Å²) in [4.78, 5) is 0. The molecule has 2 aliphatic heterocycles. The van der Waals surface area contributed by atoms with Gasteiger partial charge in [0, 0.05) is 6.54 Å². The molecule has 1 saturated heterocycles. The lowest BCUT2D eigenvalue weighted by Gasteiger charge is -2.24. The average molecular weight is 295 g/mol. The zero-order valence-corrected chi connectivity index (χ0v) is 12.4. The SMILES string of the molecule is O=S1(=O)CCCCC1COc1cccc2c1CCNC2. The molecule has 2 aliphatic rings. The van der Waals surface area contributed by atoms with E-state index in [4.69, 9.17) is 4.74 Å². The first kappa shape index (κ1) is 13.9. The maximum Gasteiger partial charge on any atom is 0.156 e. The fraction of sp³-hybridized carbons (Fsp3) is 0.600. The van der Waals surface area contributed by atoms with Gasteiger partial charge in [-0.05, 0) is 43.0 Å². The van der Waals surface area contributed by atoms with Crippen LogP contribution in [0.25, 0.3) is 0 Å². The highest BCUT2D eigenvalue weighted by molar-refractivity contribution is 7.92. The van der Waals surface area contributed by atoms with Gasteiger partial charge in [-0.15, -0.1) is 0 Å². The van der Waals surface area contributed by atoms with Crippen molar-refractivity contribution in [3.63, 3.8) is 0 Å². The average Bonchev–Trinajstić information content (AvgIpc) is 2.46. The summed E-state index contributed by atoms with van der Waals surface area (Å²) in [5.41, 5.74) is 2.50. The second kappa shape index (κ2) is 5.74. The van der Waals surface area contributed by atoms with Crippen molar-refractivity contribution >= 4 is 9.84 Å². The summed E-state index contributed by atoms with van der Waals surface area (Å²) < 4.78 is 29.9. The third-order valence-electron chi connectivity index (χ3n) is 4.23. The zero-order chi connectivity index (χ0) is 14.0. The Hall–Kier alpha value is -1.07. The monoisotopic (exact) mass is 295 g/mol. The molecule has 1 unspecified atom stereocenters. The van der Waals surface area contributed by atoms with Crippen molar-refractivity contribution in [3.05, 3.63) is 29.3 Å². The Labute approximate surface area is 120 Å². The minimum atomic E-state index is -2.95. The van der Waals surface area contributed by atoms with Crippen LogP contribution in [0.4, 0.5) is 0 Å². The van der Waals surface area contributed by atoms with E-state index >= 15 is 0 Å². The molecule has 0 radical (unpaired) electrons. The van der Waals surface area contributed by atoms with Crippen molar-refractivity contribution in [2.24, 2.45) is 0 Å². The smallest absolute Gasteiger partial charge is 0.156 e. The first-order chi connectivity index (χ1) is 9.67. The maximum absolute atomic E-state index is 12.0. The molecule has 4 nitrogen and oxygen atoms in total. The van der Waals surface area contributed by atoms with E-state index in [9.17, 15) is 8.42 Å². The van der Waals surface area contributed by atoms with Gasteiger partial charge in [0.15, 0.2) is 9.84 Å². The van der Waals surface area contributed by atoms with Crippen LogP contribution in [0.5, 0.6) is 5.75 Å². The molecule has 0 saturated carbocycles. The molecule has 2 heterocycles. The highest BCUT2D eigenvalue weighted by Gasteiger charge is 2.29. The Kier molecular flexibility index (Phi) is 3.98. The Balaban J connectivity index is 1.72. The molecule has 1 aromatic rings. The maximum atomic E-state index is 12.0. The third kappa shape index (κ3) is 2.83. The summed E-state index contributed by atoms with van der Waals surface area (Å²) in [6, 6.07) is 6.04. The van der Waals surface area contributed by atoms with Crippen LogP contribution in [0, 0.1) is 0 Å². The standard InChI is InChI=1S/C15H21NO3S/c17-20(18)9-2-1-5-13(20)11-19-15-6-3-4-12-10-16-8-7-14(12)15/h3-4,6,13,16H,1-2,5,7-11H2. The molecule has 5 heteroatoms. The molecule has 3 rings (SSSR count). The van der Waals surface area contributed by atoms with Crippen LogP contribution in [0.15, 0.2) is 18.2 Å². The first-order valence-electron chi connectivity index (χ1n) is 7.33. The molecular weight excluding hydrogens is 274 g/mol. The van der Waals surface area contributed by atoms with Crippen molar-refractivity contribution in [1.29, 1.82) is 0 Å². The van der Waals surface area contributed by atoms with Crippen LogP contribution < -0.4 is 10.1 Å². The number of hydrogen-bond donors (Lipinski definition) is 1. The summed E-state index contributed by atoms with van der Waals surface area (Å²) in [5.74, 6) is 1.18. The fourth-order valence-corrected chi connectivity index (χ4v) is 4.76. The predicted molar refractivity (Wildman–Crippen MR) is 78.8 cm³/mol. The van der Waals surface area contributed by atoms with Crippen molar-refractivity contribution in [3.8, 4) is 5.75 Å². The van der Waals surface area contributed by atoms with E-state index in [1.54, 1.807) is 0 Å². The number of benzene rings is 1. The highest BCUT2D eigenvalue weighted by Crippen LogP contribution is 2.27. The van der Waals surface area contributed by atoms with Crippen LogP contribution >= 0.6 is 0 Å². The molecule has 1 aromatic carbocycles. The van der Waals surface area contributed by atoms with Crippen LogP contribution in [0.1, 0.15) is 30.4 Å². The van der Waals surface area contributed by atoms with Crippen LogP contribution in [-0.2, 0) is 22.8 Å². The topological polar surface area (TPSA) is 55.4 Å². The van der Waals surface area contributed by atoms with Crippen LogP contribution in [0.2, 0.25) is 0 Å². The van der Waals surface area contributed by atoms with Gasteiger partial charge in [-0.3, -0.25) is 0 Å². The summed E-state index contributed by atoms with van der Waals surface area (Å²) >= 11 is 0. The lowest BCUT2D eigenvalue weighted by molar-refractivity contribution is 0.298. The lowest BCUT2D eigenvalue weighted by atomic mass is 10.0. The Morgan fingerprint density at radius 2 is 2.20 bits per heavy atom. The first-order valence-corrected chi connectivity index (χ1v) is 9.04. The van der Waals surface area contributed by atoms with Crippen molar-refractivity contribution in [1.82, 2.24) is 5.32 Å². The van der Waals surface area contributed by atoms with Gasteiger partial charge in [0.2, 0.25) is 0 Å². The molecule has 1 atom stereocenters. The molecule has 1 fully saturated rings. The Morgan fingerprint density at radius 3 is 3.05 bits per heavy atom. The number of hydrogen-bond acceptors (Lipinski definition) is 4. The minimum absolute atomic E-state index is 0.298.